The van der Waals surface area contributed by atoms with E-state index in [4.69, 9.17) is 10.5 Å². The summed E-state index contributed by atoms with van der Waals surface area (Å²) in [6.45, 7) is 2.86. The number of nitrogens with zero attached hydrogens (tertiary/aromatic N) is 2. The number of nitrogens with one attached hydrogen (secondary N) is 1. The zero-order valence-electron chi connectivity index (χ0n) is 11.6. The third-order valence-corrected chi connectivity index (χ3v) is 3.79. The molecule has 1 aromatic heterocycles. The lowest BCUT2D eigenvalue weighted by molar-refractivity contribution is 0.367. The molecule has 2 rings (SSSR count). The standard InChI is InChI=1S/C13H22N4O2/c1-3-17(10-6-4-9(14)5-7-10)12-11(19-2)13(18)16-8-15-12/h8-10H,3-7,14H2,1-2H3,(H,15,16,18). The van der Waals surface area contributed by atoms with Crippen LogP contribution >= 0.6 is 0 Å². The molecule has 0 bridgehead atoms. The van der Waals surface area contributed by atoms with Gasteiger partial charge < -0.3 is 20.4 Å². The third kappa shape index (κ3) is 2.89. The van der Waals surface area contributed by atoms with Gasteiger partial charge in [-0.15, -0.1) is 0 Å². The Balaban J connectivity index is 2.27. The SMILES string of the molecule is CCN(c1nc[nH]c(=O)c1OC)C1CCC(N)CC1. The third-order valence-electron chi connectivity index (χ3n) is 3.79. The summed E-state index contributed by atoms with van der Waals surface area (Å²) in [5, 5.41) is 0. The first-order valence-electron chi connectivity index (χ1n) is 6.81. The second-order valence-corrected chi connectivity index (χ2v) is 4.94. The van der Waals surface area contributed by atoms with Crippen molar-refractivity contribution in [3.63, 3.8) is 0 Å². The fraction of sp³-hybridized carbons (Fsp3) is 0.692. The minimum absolute atomic E-state index is 0.238. The molecule has 1 aromatic rings. The van der Waals surface area contributed by atoms with E-state index in [9.17, 15) is 4.79 Å². The van der Waals surface area contributed by atoms with E-state index >= 15 is 0 Å². The molecule has 0 aromatic carbocycles. The van der Waals surface area contributed by atoms with Gasteiger partial charge in [0.25, 0.3) is 5.56 Å². The molecule has 0 spiro atoms. The summed E-state index contributed by atoms with van der Waals surface area (Å²) in [6, 6.07) is 0.692. The van der Waals surface area contributed by atoms with Crippen molar-refractivity contribution >= 4 is 5.82 Å². The highest BCUT2D eigenvalue weighted by atomic mass is 16.5. The molecule has 0 unspecified atom stereocenters. The van der Waals surface area contributed by atoms with Crippen LogP contribution in [-0.2, 0) is 0 Å². The summed E-state index contributed by atoms with van der Waals surface area (Å²) >= 11 is 0. The van der Waals surface area contributed by atoms with E-state index < -0.39 is 0 Å². The highest BCUT2D eigenvalue weighted by Crippen LogP contribution is 2.29. The predicted octanol–water partition coefficient (Wildman–Crippen LogP) is 0.875. The zero-order chi connectivity index (χ0) is 13.8. The van der Waals surface area contributed by atoms with Crippen molar-refractivity contribution in [3.05, 3.63) is 16.7 Å². The lowest BCUT2D eigenvalue weighted by atomic mass is 9.90. The first-order valence-corrected chi connectivity index (χ1v) is 6.81. The van der Waals surface area contributed by atoms with Gasteiger partial charge in [0.15, 0.2) is 5.82 Å². The molecule has 1 aliphatic carbocycles. The Kier molecular flexibility index (Phi) is 4.42. The molecule has 0 saturated heterocycles. The summed E-state index contributed by atoms with van der Waals surface area (Å²) in [7, 11) is 1.50. The number of hydrogen-bond acceptors (Lipinski definition) is 5. The topological polar surface area (TPSA) is 84.2 Å². The highest BCUT2D eigenvalue weighted by Gasteiger charge is 2.26. The number of rotatable bonds is 4. The van der Waals surface area contributed by atoms with Gasteiger partial charge in [0.2, 0.25) is 5.75 Å². The van der Waals surface area contributed by atoms with Crippen LogP contribution in [0.1, 0.15) is 32.6 Å². The Morgan fingerprint density at radius 3 is 2.74 bits per heavy atom. The Bertz CT molecular complexity index is 466. The number of methoxy groups -OCH3 is 1. The average Bonchev–Trinajstić information content (AvgIpc) is 2.42. The Morgan fingerprint density at radius 1 is 1.47 bits per heavy atom. The summed E-state index contributed by atoms with van der Waals surface area (Å²) in [4.78, 5) is 20.7. The molecule has 3 N–H and O–H groups in total. The summed E-state index contributed by atoms with van der Waals surface area (Å²) in [5.41, 5.74) is 5.71. The maximum absolute atomic E-state index is 11.8. The Labute approximate surface area is 113 Å². The molecule has 6 nitrogen and oxygen atoms in total. The van der Waals surface area contributed by atoms with Crippen molar-refractivity contribution in [1.29, 1.82) is 0 Å². The number of hydrogen-bond donors (Lipinski definition) is 2. The van der Waals surface area contributed by atoms with Crippen LogP contribution in [0.5, 0.6) is 5.75 Å². The maximum atomic E-state index is 11.8. The first-order chi connectivity index (χ1) is 9.17. The quantitative estimate of drug-likeness (QED) is 0.845. The fourth-order valence-electron chi connectivity index (χ4n) is 2.76. The molecule has 0 amide bonds. The lowest BCUT2D eigenvalue weighted by Crippen LogP contribution is -2.42. The predicted molar refractivity (Wildman–Crippen MR) is 74.7 cm³/mol. The number of H-pyrrole nitrogens is 1. The van der Waals surface area contributed by atoms with E-state index in [0.717, 1.165) is 32.2 Å². The van der Waals surface area contributed by atoms with Crippen molar-refractivity contribution in [2.75, 3.05) is 18.6 Å². The molecule has 1 saturated carbocycles. The van der Waals surface area contributed by atoms with Gasteiger partial charge in [0, 0.05) is 18.6 Å². The van der Waals surface area contributed by atoms with Gasteiger partial charge in [0.05, 0.1) is 13.4 Å². The van der Waals surface area contributed by atoms with Gasteiger partial charge in [0.1, 0.15) is 0 Å². The number of nitrogens with two attached hydrogens (primary N) is 1. The minimum atomic E-state index is -0.238. The van der Waals surface area contributed by atoms with Crippen molar-refractivity contribution in [2.24, 2.45) is 5.73 Å². The van der Waals surface area contributed by atoms with Crippen molar-refractivity contribution in [2.45, 2.75) is 44.7 Å². The lowest BCUT2D eigenvalue weighted by Gasteiger charge is -2.36. The molecule has 0 aliphatic heterocycles. The summed E-state index contributed by atoms with van der Waals surface area (Å²) in [5.74, 6) is 0.924. The van der Waals surface area contributed by atoms with E-state index in [0.29, 0.717) is 23.7 Å². The molecule has 1 aliphatic rings. The van der Waals surface area contributed by atoms with Gasteiger partial charge >= 0.3 is 0 Å². The summed E-state index contributed by atoms with van der Waals surface area (Å²) < 4.78 is 5.20. The fourth-order valence-corrected chi connectivity index (χ4v) is 2.76. The van der Waals surface area contributed by atoms with Crippen LogP contribution in [0.3, 0.4) is 0 Å². The van der Waals surface area contributed by atoms with Gasteiger partial charge in [-0.1, -0.05) is 0 Å². The Hall–Kier alpha value is -1.56. The highest BCUT2D eigenvalue weighted by molar-refractivity contribution is 5.51. The van der Waals surface area contributed by atoms with E-state index in [1.165, 1.54) is 13.4 Å². The van der Waals surface area contributed by atoms with Crippen molar-refractivity contribution < 1.29 is 4.74 Å². The van der Waals surface area contributed by atoms with Crippen LogP contribution in [0.2, 0.25) is 0 Å². The van der Waals surface area contributed by atoms with E-state index in [1.54, 1.807) is 0 Å². The van der Waals surface area contributed by atoms with Crippen LogP contribution in [0.25, 0.3) is 0 Å². The van der Waals surface area contributed by atoms with Crippen LogP contribution < -0.4 is 20.9 Å². The monoisotopic (exact) mass is 266 g/mol. The molecule has 19 heavy (non-hydrogen) atoms. The molecule has 6 heteroatoms. The van der Waals surface area contributed by atoms with Crippen LogP contribution in [0, 0.1) is 0 Å². The molecular weight excluding hydrogens is 244 g/mol. The molecule has 0 atom stereocenters. The number of anilines is 1. The van der Waals surface area contributed by atoms with Gasteiger partial charge in [-0.2, -0.15) is 0 Å². The number of aromatic amines is 1. The van der Waals surface area contributed by atoms with Crippen LogP contribution in [0.15, 0.2) is 11.1 Å². The largest absolute Gasteiger partial charge is 0.489 e. The van der Waals surface area contributed by atoms with Crippen molar-refractivity contribution in [3.8, 4) is 5.75 Å². The smallest absolute Gasteiger partial charge is 0.295 e. The van der Waals surface area contributed by atoms with Crippen molar-refractivity contribution in [1.82, 2.24) is 9.97 Å². The maximum Gasteiger partial charge on any atom is 0.295 e. The van der Waals surface area contributed by atoms with E-state index in [2.05, 4.69) is 21.8 Å². The normalized spacial score (nSPS) is 23.1. The molecule has 0 radical (unpaired) electrons. The minimum Gasteiger partial charge on any atom is -0.489 e. The first kappa shape index (κ1) is 13.9. The second-order valence-electron chi connectivity index (χ2n) is 4.94. The second kappa shape index (κ2) is 6.06. The van der Waals surface area contributed by atoms with Crippen LogP contribution in [0.4, 0.5) is 5.82 Å². The van der Waals surface area contributed by atoms with Gasteiger partial charge in [-0.05, 0) is 32.6 Å². The zero-order valence-corrected chi connectivity index (χ0v) is 11.6. The van der Waals surface area contributed by atoms with Gasteiger partial charge in [-0.25, -0.2) is 4.98 Å². The summed E-state index contributed by atoms with van der Waals surface area (Å²) in [6.07, 6.45) is 5.54. The average molecular weight is 266 g/mol. The number of aromatic nitrogens is 2. The van der Waals surface area contributed by atoms with E-state index in [1.807, 2.05) is 0 Å². The van der Waals surface area contributed by atoms with Crippen LogP contribution in [-0.4, -0.2) is 35.7 Å². The molecule has 1 fully saturated rings. The van der Waals surface area contributed by atoms with E-state index in [-0.39, 0.29) is 5.56 Å². The molecule has 1 heterocycles. The Morgan fingerprint density at radius 2 is 2.16 bits per heavy atom. The van der Waals surface area contributed by atoms with Gasteiger partial charge in [-0.3, -0.25) is 4.79 Å². The molecule has 106 valence electrons. The molecular formula is C13H22N4O2. The number of ether oxygens (including phenoxy) is 1.